The quantitative estimate of drug-likeness (QED) is 0.882. The molecular weight excluding hydrogens is 250 g/mol. The van der Waals surface area contributed by atoms with Crippen LogP contribution in [0.4, 0.5) is 8.78 Å². The molecule has 1 amide bonds. The maximum atomic E-state index is 13.1. The normalized spacial score (nSPS) is 23.1. The Hall–Kier alpha value is -1.49. The van der Waals surface area contributed by atoms with Crippen molar-refractivity contribution in [1.29, 1.82) is 0 Å². The van der Waals surface area contributed by atoms with E-state index in [1.165, 1.54) is 6.07 Å². The molecule has 19 heavy (non-hydrogen) atoms. The van der Waals surface area contributed by atoms with Crippen LogP contribution >= 0.6 is 0 Å². The Morgan fingerprint density at radius 1 is 1.11 bits per heavy atom. The van der Waals surface area contributed by atoms with Gasteiger partial charge in [-0.3, -0.25) is 4.79 Å². The largest absolute Gasteiger partial charge is 0.349 e. The molecule has 0 radical (unpaired) electrons. The first-order chi connectivity index (χ1) is 9.10. The van der Waals surface area contributed by atoms with Gasteiger partial charge >= 0.3 is 0 Å². The van der Waals surface area contributed by atoms with Crippen LogP contribution in [0.25, 0.3) is 0 Å². The molecule has 2 rings (SSSR count). The van der Waals surface area contributed by atoms with Crippen molar-refractivity contribution in [3.8, 4) is 0 Å². The van der Waals surface area contributed by atoms with E-state index in [1.54, 1.807) is 0 Å². The van der Waals surface area contributed by atoms with Crippen LogP contribution in [0.5, 0.6) is 0 Å². The van der Waals surface area contributed by atoms with Gasteiger partial charge in [-0.15, -0.1) is 0 Å². The number of hydrogen-bond donors (Lipinski definition) is 2. The van der Waals surface area contributed by atoms with E-state index < -0.39 is 11.6 Å². The number of nitrogens with one attached hydrogen (secondary N) is 2. The van der Waals surface area contributed by atoms with Gasteiger partial charge in [-0.2, -0.15) is 0 Å². The number of hydrogen-bond acceptors (Lipinski definition) is 2. The van der Waals surface area contributed by atoms with Gasteiger partial charge in [0.25, 0.3) is 5.91 Å². The molecule has 3 nitrogen and oxygen atoms in total. The van der Waals surface area contributed by atoms with Gasteiger partial charge in [0.2, 0.25) is 0 Å². The zero-order valence-corrected chi connectivity index (χ0v) is 10.9. The summed E-state index contributed by atoms with van der Waals surface area (Å²) < 4.78 is 25.8. The molecule has 1 aromatic carbocycles. The van der Waals surface area contributed by atoms with Crippen LogP contribution < -0.4 is 10.6 Å². The van der Waals surface area contributed by atoms with Crippen LogP contribution in [0, 0.1) is 11.6 Å². The Balaban J connectivity index is 1.92. The zero-order valence-electron chi connectivity index (χ0n) is 10.9. The molecule has 5 heteroatoms. The first-order valence-electron chi connectivity index (χ1n) is 6.53. The Morgan fingerprint density at radius 3 is 2.32 bits per heavy atom. The monoisotopic (exact) mass is 268 g/mol. The smallest absolute Gasteiger partial charge is 0.251 e. The molecule has 0 saturated heterocycles. The van der Waals surface area contributed by atoms with Gasteiger partial charge < -0.3 is 10.6 Å². The Bertz CT molecular complexity index is 457. The highest BCUT2D eigenvalue weighted by Crippen LogP contribution is 2.19. The molecule has 1 aliphatic rings. The van der Waals surface area contributed by atoms with Crippen molar-refractivity contribution < 1.29 is 13.6 Å². The number of carbonyl (C=O) groups excluding carboxylic acids is 1. The third-order valence-corrected chi connectivity index (χ3v) is 3.65. The lowest BCUT2D eigenvalue weighted by molar-refractivity contribution is 0.0924. The van der Waals surface area contributed by atoms with Crippen LogP contribution in [0.2, 0.25) is 0 Å². The van der Waals surface area contributed by atoms with Crippen molar-refractivity contribution in [2.24, 2.45) is 0 Å². The zero-order chi connectivity index (χ0) is 13.8. The van der Waals surface area contributed by atoms with E-state index in [4.69, 9.17) is 0 Å². The molecule has 2 N–H and O–H groups in total. The molecule has 0 bridgehead atoms. The van der Waals surface area contributed by atoms with Crippen LogP contribution in [0.3, 0.4) is 0 Å². The minimum absolute atomic E-state index is 0.116. The van der Waals surface area contributed by atoms with E-state index in [9.17, 15) is 13.6 Å². The Morgan fingerprint density at radius 2 is 1.74 bits per heavy atom. The molecule has 0 spiro atoms. The summed E-state index contributed by atoms with van der Waals surface area (Å²) in [7, 11) is 1.94. The molecule has 1 fully saturated rings. The molecule has 0 atom stereocenters. The average molecular weight is 268 g/mol. The average Bonchev–Trinajstić information content (AvgIpc) is 2.42. The Labute approximate surface area is 111 Å². The predicted molar refractivity (Wildman–Crippen MR) is 68.9 cm³/mol. The maximum Gasteiger partial charge on any atom is 0.251 e. The van der Waals surface area contributed by atoms with Gasteiger partial charge in [-0.25, -0.2) is 8.78 Å². The topological polar surface area (TPSA) is 41.1 Å². The van der Waals surface area contributed by atoms with Crippen LogP contribution in [0.1, 0.15) is 36.0 Å². The summed E-state index contributed by atoms with van der Waals surface area (Å²) in [5.41, 5.74) is 0.162. The van der Waals surface area contributed by atoms with Crippen molar-refractivity contribution >= 4 is 5.91 Å². The van der Waals surface area contributed by atoms with Crippen molar-refractivity contribution in [2.75, 3.05) is 7.05 Å². The second-order valence-electron chi connectivity index (χ2n) is 4.94. The van der Waals surface area contributed by atoms with Gasteiger partial charge in [-0.1, -0.05) is 0 Å². The highest BCUT2D eigenvalue weighted by Gasteiger charge is 2.22. The lowest BCUT2D eigenvalue weighted by atomic mass is 9.91. The predicted octanol–water partition coefficient (Wildman–Crippen LogP) is 2.23. The number of benzene rings is 1. The highest BCUT2D eigenvalue weighted by atomic mass is 19.2. The summed E-state index contributed by atoms with van der Waals surface area (Å²) in [5, 5.41) is 6.09. The summed E-state index contributed by atoms with van der Waals surface area (Å²) >= 11 is 0. The number of carbonyl (C=O) groups is 1. The lowest BCUT2D eigenvalue weighted by Gasteiger charge is -2.28. The highest BCUT2D eigenvalue weighted by molar-refractivity contribution is 5.94. The SMILES string of the molecule is CNC1CCC(NC(=O)c2ccc(F)c(F)c2)CC1. The van der Waals surface area contributed by atoms with E-state index in [0.29, 0.717) is 6.04 Å². The first-order valence-corrected chi connectivity index (χ1v) is 6.53. The molecule has 0 heterocycles. The molecule has 0 aromatic heterocycles. The second kappa shape index (κ2) is 6.10. The summed E-state index contributed by atoms with van der Waals surface area (Å²) in [5.74, 6) is -2.27. The second-order valence-corrected chi connectivity index (χ2v) is 4.94. The number of halogens is 2. The minimum Gasteiger partial charge on any atom is -0.349 e. The van der Waals surface area contributed by atoms with Gasteiger partial charge in [0.1, 0.15) is 0 Å². The third-order valence-electron chi connectivity index (χ3n) is 3.65. The fourth-order valence-electron chi connectivity index (χ4n) is 2.43. The molecule has 104 valence electrons. The fourth-order valence-corrected chi connectivity index (χ4v) is 2.43. The van der Waals surface area contributed by atoms with Crippen molar-refractivity contribution in [3.63, 3.8) is 0 Å². The first kappa shape index (κ1) is 13.9. The Kier molecular flexibility index (Phi) is 4.47. The van der Waals surface area contributed by atoms with Crippen molar-refractivity contribution in [3.05, 3.63) is 35.4 Å². The lowest BCUT2D eigenvalue weighted by Crippen LogP contribution is -2.41. The number of rotatable bonds is 3. The molecule has 1 saturated carbocycles. The molecular formula is C14H18F2N2O. The molecule has 0 aliphatic heterocycles. The summed E-state index contributed by atoms with van der Waals surface area (Å²) in [6.07, 6.45) is 3.83. The summed E-state index contributed by atoms with van der Waals surface area (Å²) in [6, 6.07) is 3.83. The molecule has 0 unspecified atom stereocenters. The van der Waals surface area contributed by atoms with E-state index in [1.807, 2.05) is 7.05 Å². The summed E-state index contributed by atoms with van der Waals surface area (Å²) in [6.45, 7) is 0. The van der Waals surface area contributed by atoms with Gasteiger partial charge in [-0.05, 0) is 50.9 Å². The number of amides is 1. The van der Waals surface area contributed by atoms with Crippen LogP contribution in [-0.2, 0) is 0 Å². The van der Waals surface area contributed by atoms with Crippen molar-refractivity contribution in [1.82, 2.24) is 10.6 Å². The van der Waals surface area contributed by atoms with E-state index in [2.05, 4.69) is 10.6 Å². The third kappa shape index (κ3) is 3.50. The minimum atomic E-state index is -0.994. The molecule has 1 aliphatic carbocycles. The van der Waals surface area contributed by atoms with Gasteiger partial charge in [0.15, 0.2) is 11.6 Å². The standard InChI is InChI=1S/C14H18F2N2O/c1-17-10-3-5-11(6-4-10)18-14(19)9-2-7-12(15)13(16)8-9/h2,7-8,10-11,17H,3-6H2,1H3,(H,18,19). The molecule has 1 aromatic rings. The van der Waals surface area contributed by atoms with E-state index >= 15 is 0 Å². The van der Waals surface area contributed by atoms with Gasteiger partial charge in [0.05, 0.1) is 0 Å². The van der Waals surface area contributed by atoms with Crippen molar-refractivity contribution in [2.45, 2.75) is 37.8 Å². The van der Waals surface area contributed by atoms with Crippen LogP contribution in [0.15, 0.2) is 18.2 Å². The van der Waals surface area contributed by atoms with Crippen LogP contribution in [-0.4, -0.2) is 25.0 Å². The van der Waals surface area contributed by atoms with E-state index in [-0.39, 0.29) is 17.5 Å². The maximum absolute atomic E-state index is 13.1. The van der Waals surface area contributed by atoms with E-state index in [0.717, 1.165) is 37.8 Å². The summed E-state index contributed by atoms with van der Waals surface area (Å²) in [4.78, 5) is 11.9. The van der Waals surface area contributed by atoms with Gasteiger partial charge in [0, 0.05) is 17.6 Å². The fraction of sp³-hybridized carbons (Fsp3) is 0.500.